The van der Waals surface area contributed by atoms with Crippen LogP contribution in [0.15, 0.2) is 29.2 Å². The van der Waals surface area contributed by atoms with E-state index < -0.39 is 12.0 Å². The van der Waals surface area contributed by atoms with Gasteiger partial charge in [0.2, 0.25) is 5.91 Å². The highest BCUT2D eigenvalue weighted by Gasteiger charge is 2.18. The molecular formula is C14H19NO5S. The molecule has 0 aliphatic carbocycles. The molecule has 1 amide bonds. The van der Waals surface area contributed by atoms with E-state index in [1.165, 1.54) is 11.8 Å². The molecule has 0 fully saturated rings. The van der Waals surface area contributed by atoms with Gasteiger partial charge < -0.3 is 20.3 Å². The zero-order valence-electron chi connectivity index (χ0n) is 11.7. The van der Waals surface area contributed by atoms with Gasteiger partial charge >= 0.3 is 5.97 Å². The van der Waals surface area contributed by atoms with E-state index in [0.29, 0.717) is 6.61 Å². The van der Waals surface area contributed by atoms with Gasteiger partial charge in [-0.3, -0.25) is 4.79 Å². The molecule has 0 radical (unpaired) electrons. The quantitative estimate of drug-likeness (QED) is 0.592. The molecule has 0 saturated heterocycles. The van der Waals surface area contributed by atoms with Crippen LogP contribution in [0.2, 0.25) is 0 Å². The molecule has 1 aromatic rings. The number of aliphatic hydroxyl groups is 1. The van der Waals surface area contributed by atoms with E-state index in [1.807, 2.05) is 31.2 Å². The maximum Gasteiger partial charge on any atom is 0.326 e. The summed E-state index contributed by atoms with van der Waals surface area (Å²) in [6, 6.07) is 6.25. The zero-order chi connectivity index (χ0) is 15.7. The molecule has 0 aliphatic heterocycles. The number of carboxylic acids is 1. The number of ether oxygens (including phenoxy) is 1. The summed E-state index contributed by atoms with van der Waals surface area (Å²) in [5.41, 5.74) is 0. The third-order valence-electron chi connectivity index (χ3n) is 2.56. The van der Waals surface area contributed by atoms with Crippen molar-refractivity contribution in [1.82, 2.24) is 5.32 Å². The van der Waals surface area contributed by atoms with Crippen molar-refractivity contribution in [3.63, 3.8) is 0 Å². The summed E-state index contributed by atoms with van der Waals surface area (Å²) >= 11 is 1.30. The van der Waals surface area contributed by atoms with Gasteiger partial charge in [-0.2, -0.15) is 0 Å². The van der Waals surface area contributed by atoms with Crippen LogP contribution in [0.25, 0.3) is 0 Å². The van der Waals surface area contributed by atoms with Gasteiger partial charge in [-0.05, 0) is 31.2 Å². The summed E-state index contributed by atoms with van der Waals surface area (Å²) in [4.78, 5) is 23.4. The molecule has 0 saturated carbocycles. The molecule has 0 aliphatic rings. The molecule has 1 aromatic carbocycles. The number of aliphatic hydroxyl groups excluding tert-OH is 1. The number of carboxylic acid groups (broad SMARTS) is 1. The number of amides is 1. The number of nitrogens with one attached hydrogen (secondary N) is 1. The maximum absolute atomic E-state index is 11.7. The lowest BCUT2D eigenvalue weighted by molar-refractivity contribution is -0.141. The van der Waals surface area contributed by atoms with Crippen molar-refractivity contribution in [2.45, 2.75) is 24.3 Å². The molecule has 0 bridgehead atoms. The second-order valence-corrected chi connectivity index (χ2v) is 5.21. The third-order valence-corrected chi connectivity index (χ3v) is 3.57. The second-order valence-electron chi connectivity index (χ2n) is 4.16. The Balaban J connectivity index is 2.43. The number of carbonyl (C=O) groups excluding carboxylic acids is 1. The van der Waals surface area contributed by atoms with Crippen LogP contribution in [-0.2, 0) is 9.59 Å². The minimum Gasteiger partial charge on any atom is -0.494 e. The molecule has 1 atom stereocenters. The average Bonchev–Trinajstić information content (AvgIpc) is 2.46. The van der Waals surface area contributed by atoms with Gasteiger partial charge in [-0.25, -0.2) is 4.79 Å². The van der Waals surface area contributed by atoms with Gasteiger partial charge in [0.25, 0.3) is 0 Å². The van der Waals surface area contributed by atoms with Gasteiger partial charge in [0.1, 0.15) is 11.8 Å². The minimum absolute atomic E-state index is 0.00517. The smallest absolute Gasteiger partial charge is 0.326 e. The monoisotopic (exact) mass is 313 g/mol. The van der Waals surface area contributed by atoms with E-state index in [0.717, 1.165) is 10.6 Å². The van der Waals surface area contributed by atoms with Crippen molar-refractivity contribution >= 4 is 23.6 Å². The van der Waals surface area contributed by atoms with Crippen LogP contribution in [-0.4, -0.2) is 47.1 Å². The molecule has 3 N–H and O–H groups in total. The molecule has 21 heavy (non-hydrogen) atoms. The Bertz CT molecular complexity index is 463. The minimum atomic E-state index is -1.15. The first-order valence-electron chi connectivity index (χ1n) is 6.55. The fraction of sp³-hybridized carbons (Fsp3) is 0.429. The first-order valence-corrected chi connectivity index (χ1v) is 7.54. The van der Waals surface area contributed by atoms with Crippen molar-refractivity contribution < 1.29 is 24.5 Å². The number of hydrogen-bond donors (Lipinski definition) is 3. The SMILES string of the molecule is CCOc1ccc(SCC(=O)N[C@H](CCO)C(=O)O)cc1. The Hall–Kier alpha value is -1.73. The molecular weight excluding hydrogens is 294 g/mol. The summed E-state index contributed by atoms with van der Waals surface area (Å²) in [5, 5.41) is 20.0. The van der Waals surface area contributed by atoms with Crippen molar-refractivity contribution in [1.29, 1.82) is 0 Å². The summed E-state index contributed by atoms with van der Waals surface area (Å²) in [7, 11) is 0. The lowest BCUT2D eigenvalue weighted by Gasteiger charge is -2.13. The number of rotatable bonds is 9. The molecule has 0 heterocycles. The first-order chi connectivity index (χ1) is 10.1. The predicted octanol–water partition coefficient (Wildman–Crippen LogP) is 1.13. The molecule has 6 nitrogen and oxygen atoms in total. The Morgan fingerprint density at radius 1 is 1.33 bits per heavy atom. The van der Waals surface area contributed by atoms with E-state index in [1.54, 1.807) is 0 Å². The van der Waals surface area contributed by atoms with E-state index in [2.05, 4.69) is 5.32 Å². The molecule has 1 rings (SSSR count). The van der Waals surface area contributed by atoms with E-state index in [4.69, 9.17) is 14.9 Å². The van der Waals surface area contributed by atoms with Crippen molar-refractivity contribution in [2.75, 3.05) is 19.0 Å². The maximum atomic E-state index is 11.7. The molecule has 0 unspecified atom stereocenters. The van der Waals surface area contributed by atoms with Gasteiger partial charge in [-0.15, -0.1) is 11.8 Å². The predicted molar refractivity (Wildman–Crippen MR) is 79.6 cm³/mol. The summed E-state index contributed by atoms with van der Waals surface area (Å²) < 4.78 is 5.31. The Morgan fingerprint density at radius 2 is 2.00 bits per heavy atom. The van der Waals surface area contributed by atoms with Gasteiger partial charge in [-0.1, -0.05) is 0 Å². The fourth-order valence-electron chi connectivity index (χ4n) is 1.57. The highest BCUT2D eigenvalue weighted by atomic mass is 32.2. The topological polar surface area (TPSA) is 95.9 Å². The number of benzene rings is 1. The largest absolute Gasteiger partial charge is 0.494 e. The van der Waals surface area contributed by atoms with Crippen LogP contribution in [0.1, 0.15) is 13.3 Å². The van der Waals surface area contributed by atoms with Crippen LogP contribution in [0.3, 0.4) is 0 Å². The number of thioether (sulfide) groups is 1. The van der Waals surface area contributed by atoms with Gasteiger partial charge in [0, 0.05) is 17.9 Å². The van der Waals surface area contributed by atoms with E-state index in [9.17, 15) is 9.59 Å². The van der Waals surface area contributed by atoms with E-state index >= 15 is 0 Å². The van der Waals surface area contributed by atoms with Crippen molar-refractivity contribution in [3.8, 4) is 5.75 Å². The molecule has 0 spiro atoms. The highest BCUT2D eigenvalue weighted by molar-refractivity contribution is 8.00. The molecule has 7 heteroatoms. The number of carbonyl (C=O) groups is 2. The second kappa shape index (κ2) is 9.25. The van der Waals surface area contributed by atoms with E-state index in [-0.39, 0.29) is 24.7 Å². The average molecular weight is 313 g/mol. The van der Waals surface area contributed by atoms with Gasteiger partial charge in [0.05, 0.1) is 12.4 Å². The fourth-order valence-corrected chi connectivity index (χ4v) is 2.28. The molecule has 116 valence electrons. The van der Waals surface area contributed by atoms with Crippen molar-refractivity contribution in [3.05, 3.63) is 24.3 Å². The molecule has 0 aromatic heterocycles. The first kappa shape index (κ1) is 17.3. The van der Waals surface area contributed by atoms with Crippen LogP contribution >= 0.6 is 11.8 Å². The normalized spacial score (nSPS) is 11.7. The number of hydrogen-bond acceptors (Lipinski definition) is 5. The van der Waals surface area contributed by atoms with Crippen LogP contribution in [0, 0.1) is 0 Å². The Labute approximate surface area is 127 Å². The van der Waals surface area contributed by atoms with Crippen LogP contribution < -0.4 is 10.1 Å². The van der Waals surface area contributed by atoms with Crippen LogP contribution in [0.4, 0.5) is 0 Å². The van der Waals surface area contributed by atoms with Crippen molar-refractivity contribution in [2.24, 2.45) is 0 Å². The standard InChI is InChI=1S/C14H19NO5S/c1-2-20-10-3-5-11(6-4-10)21-9-13(17)15-12(7-8-16)14(18)19/h3-6,12,16H,2,7-9H2,1H3,(H,15,17)(H,18,19)/t12-/m1/s1. The zero-order valence-corrected chi connectivity index (χ0v) is 12.6. The number of aliphatic carboxylic acids is 1. The Kier molecular flexibility index (Phi) is 7.63. The third kappa shape index (κ3) is 6.50. The van der Waals surface area contributed by atoms with Gasteiger partial charge in [0.15, 0.2) is 0 Å². The lowest BCUT2D eigenvalue weighted by Crippen LogP contribution is -2.42. The summed E-state index contributed by atoms with van der Waals surface area (Å²) in [6.45, 7) is 2.21. The Morgan fingerprint density at radius 3 is 2.52 bits per heavy atom. The highest BCUT2D eigenvalue weighted by Crippen LogP contribution is 2.21. The summed E-state index contributed by atoms with van der Waals surface area (Å²) in [5.74, 6) is -0.651. The summed E-state index contributed by atoms with van der Waals surface area (Å²) in [6.07, 6.45) is -0.00517. The van der Waals surface area contributed by atoms with Crippen LogP contribution in [0.5, 0.6) is 5.75 Å². The lowest BCUT2D eigenvalue weighted by atomic mass is 10.2.